The zero-order valence-corrected chi connectivity index (χ0v) is 14.1. The lowest BCUT2D eigenvalue weighted by Gasteiger charge is -2.22. The van der Waals surface area contributed by atoms with E-state index in [2.05, 4.69) is 22.7 Å². The van der Waals surface area contributed by atoms with Crippen LogP contribution in [0.2, 0.25) is 0 Å². The standard InChI is InChI=1S/C14H22N2O6S/c1-3-22-14(20)16-12(9(8-23)15-13(16)19)10(17)6-4-5-7-11(18)21-2/h9,12,23H,3-8H2,1-2H3,(H,15,19)/t9-,12+/m0/s1. The molecule has 1 aliphatic heterocycles. The molecule has 0 aliphatic carbocycles. The summed E-state index contributed by atoms with van der Waals surface area (Å²) < 4.78 is 9.35. The summed E-state index contributed by atoms with van der Waals surface area (Å²) >= 11 is 4.11. The van der Waals surface area contributed by atoms with Crippen molar-refractivity contribution in [3.05, 3.63) is 0 Å². The molecule has 0 aromatic rings. The molecule has 1 saturated heterocycles. The molecule has 130 valence electrons. The number of hydrogen-bond donors (Lipinski definition) is 2. The Kier molecular flexibility index (Phi) is 7.87. The van der Waals surface area contributed by atoms with Crippen LogP contribution in [0.1, 0.15) is 32.6 Å². The highest BCUT2D eigenvalue weighted by atomic mass is 32.1. The van der Waals surface area contributed by atoms with Crippen molar-refractivity contribution in [2.24, 2.45) is 0 Å². The molecule has 3 amide bonds. The zero-order chi connectivity index (χ0) is 17.4. The van der Waals surface area contributed by atoms with Gasteiger partial charge in [-0.05, 0) is 19.8 Å². The number of methoxy groups -OCH3 is 1. The first-order valence-electron chi connectivity index (χ1n) is 7.43. The van der Waals surface area contributed by atoms with Gasteiger partial charge in [0.2, 0.25) is 0 Å². The van der Waals surface area contributed by atoms with Crippen LogP contribution in [-0.2, 0) is 19.1 Å². The van der Waals surface area contributed by atoms with Crippen LogP contribution < -0.4 is 5.32 Å². The third-order valence-corrected chi connectivity index (χ3v) is 3.85. The molecular weight excluding hydrogens is 324 g/mol. The van der Waals surface area contributed by atoms with Gasteiger partial charge in [0.1, 0.15) is 6.04 Å². The van der Waals surface area contributed by atoms with Gasteiger partial charge in [0.15, 0.2) is 5.78 Å². The van der Waals surface area contributed by atoms with Gasteiger partial charge in [-0.1, -0.05) is 0 Å². The topological polar surface area (TPSA) is 102 Å². The molecule has 1 rings (SSSR count). The number of ether oxygens (including phenoxy) is 2. The summed E-state index contributed by atoms with van der Waals surface area (Å²) in [7, 11) is 1.30. The van der Waals surface area contributed by atoms with E-state index in [9.17, 15) is 19.2 Å². The summed E-state index contributed by atoms with van der Waals surface area (Å²) in [5.74, 6) is -0.378. The SMILES string of the molecule is CCOC(=O)N1C(=O)N[C@@H](CS)[C@@H]1C(=O)CCCCC(=O)OC. The van der Waals surface area contributed by atoms with Crippen LogP contribution in [0.3, 0.4) is 0 Å². The molecule has 0 aromatic heterocycles. The minimum atomic E-state index is -0.933. The number of esters is 1. The lowest BCUT2D eigenvalue weighted by Crippen LogP contribution is -2.47. The Morgan fingerprint density at radius 1 is 1.26 bits per heavy atom. The average Bonchev–Trinajstić information content (AvgIpc) is 2.87. The predicted molar refractivity (Wildman–Crippen MR) is 84.3 cm³/mol. The summed E-state index contributed by atoms with van der Waals surface area (Å²) in [4.78, 5) is 48.0. The molecule has 0 saturated carbocycles. The maximum Gasteiger partial charge on any atom is 0.418 e. The van der Waals surface area contributed by atoms with Gasteiger partial charge in [-0.15, -0.1) is 0 Å². The van der Waals surface area contributed by atoms with E-state index in [4.69, 9.17) is 4.74 Å². The number of imide groups is 1. The highest BCUT2D eigenvalue weighted by molar-refractivity contribution is 7.80. The summed E-state index contributed by atoms with van der Waals surface area (Å²) in [5, 5.41) is 2.56. The van der Waals surface area contributed by atoms with Gasteiger partial charge >= 0.3 is 18.1 Å². The summed E-state index contributed by atoms with van der Waals surface area (Å²) in [5.41, 5.74) is 0. The van der Waals surface area contributed by atoms with Crippen LogP contribution in [0.5, 0.6) is 0 Å². The van der Waals surface area contributed by atoms with Gasteiger partial charge in [0.05, 0.1) is 19.8 Å². The number of thiol groups is 1. The molecule has 0 bridgehead atoms. The molecule has 8 nitrogen and oxygen atoms in total. The third kappa shape index (κ3) is 5.12. The van der Waals surface area contributed by atoms with Crippen LogP contribution in [-0.4, -0.2) is 60.3 Å². The molecular formula is C14H22N2O6S. The molecule has 1 heterocycles. The Balaban J connectivity index is 2.66. The average molecular weight is 346 g/mol. The lowest BCUT2D eigenvalue weighted by molar-refractivity contribution is -0.140. The number of nitrogens with zero attached hydrogens (tertiary/aromatic N) is 1. The molecule has 0 unspecified atom stereocenters. The number of unbranched alkanes of at least 4 members (excludes halogenated alkanes) is 1. The Morgan fingerprint density at radius 2 is 1.91 bits per heavy atom. The van der Waals surface area contributed by atoms with Crippen molar-refractivity contribution in [3.8, 4) is 0 Å². The van der Waals surface area contributed by atoms with Gasteiger partial charge in [-0.25, -0.2) is 14.5 Å². The second kappa shape index (κ2) is 9.39. The quantitative estimate of drug-likeness (QED) is 0.388. The second-order valence-electron chi connectivity index (χ2n) is 5.00. The minimum absolute atomic E-state index is 0.105. The van der Waals surface area contributed by atoms with Crippen LogP contribution in [0.25, 0.3) is 0 Å². The number of nitrogens with one attached hydrogen (secondary N) is 1. The fourth-order valence-electron chi connectivity index (χ4n) is 2.34. The van der Waals surface area contributed by atoms with Crippen molar-refractivity contribution < 1.29 is 28.7 Å². The monoisotopic (exact) mass is 346 g/mol. The number of amides is 3. The van der Waals surface area contributed by atoms with Crippen molar-refractivity contribution in [1.29, 1.82) is 0 Å². The Hall–Kier alpha value is -1.77. The molecule has 2 atom stereocenters. The molecule has 1 aliphatic rings. The molecule has 0 spiro atoms. The lowest BCUT2D eigenvalue weighted by atomic mass is 10.0. The fourth-order valence-corrected chi connectivity index (χ4v) is 2.63. The van der Waals surface area contributed by atoms with E-state index < -0.39 is 24.2 Å². The number of ketones is 1. The second-order valence-corrected chi connectivity index (χ2v) is 5.37. The van der Waals surface area contributed by atoms with Gasteiger partial charge in [-0.3, -0.25) is 9.59 Å². The molecule has 1 fully saturated rings. The van der Waals surface area contributed by atoms with Crippen LogP contribution in [0.4, 0.5) is 9.59 Å². The highest BCUT2D eigenvalue weighted by Crippen LogP contribution is 2.20. The molecule has 1 N–H and O–H groups in total. The van der Waals surface area contributed by atoms with Crippen LogP contribution in [0, 0.1) is 0 Å². The normalized spacial score (nSPS) is 20.1. The largest absolute Gasteiger partial charge is 0.469 e. The molecule has 9 heteroatoms. The van der Waals surface area contributed by atoms with Crippen molar-refractivity contribution in [1.82, 2.24) is 10.2 Å². The van der Waals surface area contributed by atoms with Crippen molar-refractivity contribution in [3.63, 3.8) is 0 Å². The van der Waals surface area contributed by atoms with Crippen molar-refractivity contribution >= 4 is 36.5 Å². The van der Waals surface area contributed by atoms with Crippen molar-refractivity contribution in [2.45, 2.75) is 44.7 Å². The molecule has 23 heavy (non-hydrogen) atoms. The molecule has 0 radical (unpaired) electrons. The maximum absolute atomic E-state index is 12.4. The first-order chi connectivity index (χ1) is 11.0. The van der Waals surface area contributed by atoms with E-state index in [1.165, 1.54) is 7.11 Å². The Bertz CT molecular complexity index is 470. The number of carbonyl (C=O) groups excluding carboxylic acids is 4. The summed E-state index contributed by atoms with van der Waals surface area (Å²) in [6.45, 7) is 1.72. The number of rotatable bonds is 8. The van der Waals surface area contributed by atoms with Gasteiger partial charge in [0, 0.05) is 18.6 Å². The van der Waals surface area contributed by atoms with Gasteiger partial charge < -0.3 is 14.8 Å². The third-order valence-electron chi connectivity index (χ3n) is 3.46. The Morgan fingerprint density at radius 3 is 2.48 bits per heavy atom. The van der Waals surface area contributed by atoms with Gasteiger partial charge in [-0.2, -0.15) is 12.6 Å². The van der Waals surface area contributed by atoms with E-state index >= 15 is 0 Å². The van der Waals surface area contributed by atoms with E-state index in [1.807, 2.05) is 0 Å². The number of hydrogen-bond acceptors (Lipinski definition) is 7. The van der Waals surface area contributed by atoms with E-state index in [0.29, 0.717) is 12.8 Å². The first kappa shape index (κ1) is 19.3. The fraction of sp³-hybridized carbons (Fsp3) is 0.714. The van der Waals surface area contributed by atoms with E-state index in [0.717, 1.165) is 4.90 Å². The van der Waals surface area contributed by atoms with Gasteiger partial charge in [0.25, 0.3) is 0 Å². The zero-order valence-electron chi connectivity index (χ0n) is 13.2. The summed E-state index contributed by atoms with van der Waals surface area (Å²) in [6.07, 6.45) is 0.494. The van der Waals surface area contributed by atoms with E-state index in [1.54, 1.807) is 6.92 Å². The molecule has 0 aromatic carbocycles. The van der Waals surface area contributed by atoms with E-state index in [-0.39, 0.29) is 37.0 Å². The van der Waals surface area contributed by atoms with Crippen LogP contribution >= 0.6 is 12.6 Å². The van der Waals surface area contributed by atoms with Crippen LogP contribution in [0.15, 0.2) is 0 Å². The minimum Gasteiger partial charge on any atom is -0.469 e. The Labute approximate surface area is 140 Å². The highest BCUT2D eigenvalue weighted by Gasteiger charge is 2.46. The number of Topliss-reactive ketones (excluding diaryl/α,β-unsaturated/α-hetero) is 1. The van der Waals surface area contributed by atoms with Crippen molar-refractivity contribution in [2.75, 3.05) is 19.5 Å². The number of carbonyl (C=O) groups is 4. The predicted octanol–water partition coefficient (Wildman–Crippen LogP) is 1.14. The summed E-state index contributed by atoms with van der Waals surface area (Å²) in [6, 6.07) is -2.14. The smallest absolute Gasteiger partial charge is 0.418 e. The number of urea groups is 1. The maximum atomic E-state index is 12.4. The first-order valence-corrected chi connectivity index (χ1v) is 8.06.